The smallest absolute Gasteiger partial charge is 0.287 e. The van der Waals surface area contributed by atoms with E-state index in [9.17, 15) is 9.59 Å². The number of nitrogens with one attached hydrogen (secondary N) is 2. The van der Waals surface area contributed by atoms with Gasteiger partial charge in [-0.25, -0.2) is 0 Å². The fourth-order valence-electron chi connectivity index (χ4n) is 2.81. The van der Waals surface area contributed by atoms with E-state index in [2.05, 4.69) is 10.6 Å². The molecule has 1 aromatic heterocycles. The topological polar surface area (TPSA) is 89.8 Å². The first kappa shape index (κ1) is 20.0. The van der Waals surface area contributed by atoms with Crippen molar-refractivity contribution in [1.29, 1.82) is 0 Å². The number of carbonyl (C=O) groups is 2. The average Bonchev–Trinajstić information content (AvgIpc) is 3.28. The molecular formula is C22H22N2O5. The number of hydrogen-bond acceptors (Lipinski definition) is 5. The minimum atomic E-state index is -0.813. The molecule has 2 aromatic carbocycles. The first-order chi connectivity index (χ1) is 14.1. The van der Waals surface area contributed by atoms with Gasteiger partial charge in [0.05, 0.1) is 20.5 Å². The van der Waals surface area contributed by atoms with Crippen molar-refractivity contribution >= 4 is 17.5 Å². The third-order valence-corrected chi connectivity index (χ3v) is 4.27. The van der Waals surface area contributed by atoms with Crippen molar-refractivity contribution in [3.63, 3.8) is 0 Å². The molecule has 1 heterocycles. The van der Waals surface area contributed by atoms with Crippen LogP contribution in [0.5, 0.6) is 11.5 Å². The lowest BCUT2D eigenvalue weighted by Gasteiger charge is -2.19. The Morgan fingerprint density at radius 3 is 2.24 bits per heavy atom. The number of amides is 2. The Kier molecular flexibility index (Phi) is 6.52. The van der Waals surface area contributed by atoms with Crippen molar-refractivity contribution in [2.45, 2.75) is 12.5 Å². The van der Waals surface area contributed by atoms with E-state index in [1.165, 1.54) is 20.5 Å². The Morgan fingerprint density at radius 1 is 0.966 bits per heavy atom. The van der Waals surface area contributed by atoms with E-state index in [-0.39, 0.29) is 11.7 Å². The molecule has 3 aromatic rings. The zero-order chi connectivity index (χ0) is 20.6. The quantitative estimate of drug-likeness (QED) is 0.612. The molecule has 0 aliphatic rings. The Labute approximate surface area is 168 Å². The zero-order valence-corrected chi connectivity index (χ0v) is 16.2. The van der Waals surface area contributed by atoms with Crippen LogP contribution >= 0.6 is 0 Å². The number of hydrogen-bond donors (Lipinski definition) is 2. The van der Waals surface area contributed by atoms with Gasteiger partial charge < -0.3 is 24.5 Å². The van der Waals surface area contributed by atoms with E-state index in [1.807, 2.05) is 30.3 Å². The molecule has 0 saturated heterocycles. The molecule has 1 atom stereocenters. The Hall–Kier alpha value is -3.74. The second-order valence-corrected chi connectivity index (χ2v) is 6.28. The predicted molar refractivity (Wildman–Crippen MR) is 108 cm³/mol. The SMILES string of the molecule is COc1cc(NC(=O)C(Cc2ccccc2)NC(=O)c2ccco2)cc(OC)c1. The minimum Gasteiger partial charge on any atom is -0.497 e. The lowest BCUT2D eigenvalue weighted by Crippen LogP contribution is -2.45. The standard InChI is InChI=1S/C22H22N2O5/c1-27-17-12-16(13-18(14-17)28-2)23-21(25)19(11-15-7-4-3-5-8-15)24-22(26)20-9-6-10-29-20/h3-10,12-14,19H,11H2,1-2H3,(H,23,25)(H,24,26). The van der Waals surface area contributed by atoms with Crippen LogP contribution in [0.2, 0.25) is 0 Å². The van der Waals surface area contributed by atoms with E-state index in [4.69, 9.17) is 13.9 Å². The summed E-state index contributed by atoms with van der Waals surface area (Å²) in [5.41, 5.74) is 1.41. The van der Waals surface area contributed by atoms with Gasteiger partial charge in [-0.15, -0.1) is 0 Å². The van der Waals surface area contributed by atoms with Crippen LogP contribution in [0.25, 0.3) is 0 Å². The van der Waals surface area contributed by atoms with Crippen molar-refractivity contribution in [1.82, 2.24) is 5.32 Å². The molecule has 1 unspecified atom stereocenters. The van der Waals surface area contributed by atoms with Gasteiger partial charge in [-0.1, -0.05) is 30.3 Å². The van der Waals surface area contributed by atoms with Crippen molar-refractivity contribution < 1.29 is 23.5 Å². The molecule has 29 heavy (non-hydrogen) atoms. The van der Waals surface area contributed by atoms with Gasteiger partial charge in [0.15, 0.2) is 5.76 Å². The van der Waals surface area contributed by atoms with Crippen molar-refractivity contribution in [3.8, 4) is 11.5 Å². The highest BCUT2D eigenvalue weighted by atomic mass is 16.5. The fraction of sp³-hybridized carbons (Fsp3) is 0.182. The van der Waals surface area contributed by atoms with Crippen LogP contribution in [-0.4, -0.2) is 32.1 Å². The Bertz CT molecular complexity index is 932. The van der Waals surface area contributed by atoms with Crippen LogP contribution < -0.4 is 20.1 Å². The third kappa shape index (κ3) is 5.38. The molecule has 0 radical (unpaired) electrons. The number of methoxy groups -OCH3 is 2. The summed E-state index contributed by atoms with van der Waals surface area (Å²) in [6.45, 7) is 0. The predicted octanol–water partition coefficient (Wildman–Crippen LogP) is 3.28. The highest BCUT2D eigenvalue weighted by Crippen LogP contribution is 2.26. The third-order valence-electron chi connectivity index (χ3n) is 4.27. The van der Waals surface area contributed by atoms with Crippen LogP contribution in [-0.2, 0) is 11.2 Å². The molecule has 150 valence electrons. The van der Waals surface area contributed by atoms with Gasteiger partial charge in [0.25, 0.3) is 5.91 Å². The summed E-state index contributed by atoms with van der Waals surface area (Å²) < 4.78 is 15.6. The largest absolute Gasteiger partial charge is 0.497 e. The van der Waals surface area contributed by atoms with Crippen molar-refractivity contribution in [3.05, 3.63) is 78.3 Å². The second-order valence-electron chi connectivity index (χ2n) is 6.28. The van der Waals surface area contributed by atoms with Crippen molar-refractivity contribution in [2.75, 3.05) is 19.5 Å². The summed E-state index contributed by atoms with van der Waals surface area (Å²) in [5, 5.41) is 5.56. The number of carbonyl (C=O) groups excluding carboxylic acids is 2. The summed E-state index contributed by atoms with van der Waals surface area (Å²) in [5.74, 6) is 0.384. The number of furan rings is 1. The summed E-state index contributed by atoms with van der Waals surface area (Å²) in [7, 11) is 3.06. The normalized spacial score (nSPS) is 11.4. The first-order valence-electron chi connectivity index (χ1n) is 9.01. The molecule has 3 rings (SSSR count). The maximum Gasteiger partial charge on any atom is 0.287 e. The molecule has 0 fully saturated rings. The molecule has 0 aliphatic carbocycles. The highest BCUT2D eigenvalue weighted by Gasteiger charge is 2.23. The maximum atomic E-state index is 13.0. The van der Waals surface area contributed by atoms with Gasteiger partial charge in [-0.2, -0.15) is 0 Å². The summed E-state index contributed by atoms with van der Waals surface area (Å²) >= 11 is 0. The molecular weight excluding hydrogens is 372 g/mol. The van der Waals surface area contributed by atoms with E-state index in [1.54, 1.807) is 30.3 Å². The fourth-order valence-corrected chi connectivity index (χ4v) is 2.81. The summed E-state index contributed by atoms with van der Waals surface area (Å²) in [4.78, 5) is 25.4. The van der Waals surface area contributed by atoms with Gasteiger partial charge >= 0.3 is 0 Å². The Morgan fingerprint density at radius 2 is 1.66 bits per heavy atom. The van der Waals surface area contributed by atoms with E-state index in [0.717, 1.165) is 5.56 Å². The number of ether oxygens (including phenoxy) is 2. The minimum absolute atomic E-state index is 0.138. The lowest BCUT2D eigenvalue weighted by atomic mass is 10.0. The molecule has 2 N–H and O–H groups in total. The number of benzene rings is 2. The van der Waals surface area contributed by atoms with E-state index in [0.29, 0.717) is 23.6 Å². The number of anilines is 1. The Balaban J connectivity index is 1.80. The molecule has 0 saturated carbocycles. The lowest BCUT2D eigenvalue weighted by molar-refractivity contribution is -0.118. The van der Waals surface area contributed by atoms with Crippen LogP contribution in [0.4, 0.5) is 5.69 Å². The molecule has 0 spiro atoms. The average molecular weight is 394 g/mol. The van der Waals surface area contributed by atoms with E-state index < -0.39 is 11.9 Å². The van der Waals surface area contributed by atoms with Crippen LogP contribution in [0, 0.1) is 0 Å². The van der Waals surface area contributed by atoms with Gasteiger partial charge in [-0.05, 0) is 17.7 Å². The first-order valence-corrected chi connectivity index (χ1v) is 9.01. The van der Waals surface area contributed by atoms with Gasteiger partial charge in [-0.3, -0.25) is 9.59 Å². The molecule has 0 aliphatic heterocycles. The van der Waals surface area contributed by atoms with Crippen molar-refractivity contribution in [2.24, 2.45) is 0 Å². The second kappa shape index (κ2) is 9.45. The molecule has 7 nitrogen and oxygen atoms in total. The zero-order valence-electron chi connectivity index (χ0n) is 16.2. The van der Waals surface area contributed by atoms with Crippen LogP contribution in [0.3, 0.4) is 0 Å². The summed E-state index contributed by atoms with van der Waals surface area (Å²) in [6.07, 6.45) is 1.73. The molecule has 0 bridgehead atoms. The monoisotopic (exact) mass is 394 g/mol. The summed E-state index contributed by atoms with van der Waals surface area (Å²) in [6, 6.07) is 16.8. The number of rotatable bonds is 8. The van der Waals surface area contributed by atoms with E-state index >= 15 is 0 Å². The molecule has 2 amide bonds. The van der Waals surface area contributed by atoms with Crippen LogP contribution in [0.1, 0.15) is 16.1 Å². The van der Waals surface area contributed by atoms with Gasteiger partial charge in [0, 0.05) is 30.3 Å². The highest BCUT2D eigenvalue weighted by molar-refractivity contribution is 6.00. The van der Waals surface area contributed by atoms with Gasteiger partial charge in [0.2, 0.25) is 5.91 Å². The maximum absolute atomic E-state index is 13.0. The van der Waals surface area contributed by atoms with Gasteiger partial charge in [0.1, 0.15) is 17.5 Å². The van der Waals surface area contributed by atoms with Crippen LogP contribution in [0.15, 0.2) is 71.3 Å². The molecule has 7 heteroatoms.